The molecule has 1 aliphatic heterocycles. The maximum absolute atomic E-state index is 10.8. The number of aliphatic hydroxyl groups is 1. The average molecular weight is 325 g/mol. The van der Waals surface area contributed by atoms with Gasteiger partial charge < -0.3 is 15.7 Å². The Kier molecular flexibility index (Phi) is 4.12. The van der Waals surface area contributed by atoms with E-state index in [9.17, 15) is 5.11 Å². The number of hydrogen-bond acceptors (Lipinski definition) is 3. The number of thiocarbonyl (C=S) groups is 1. The van der Waals surface area contributed by atoms with E-state index in [1.807, 2.05) is 18.2 Å². The molecule has 0 amide bonds. The summed E-state index contributed by atoms with van der Waals surface area (Å²) in [4.78, 5) is 2.62. The molecule has 1 aromatic carbocycles. The molecule has 21 heavy (non-hydrogen) atoms. The van der Waals surface area contributed by atoms with Crippen LogP contribution in [0.2, 0.25) is 5.02 Å². The third kappa shape index (κ3) is 2.77. The van der Waals surface area contributed by atoms with E-state index >= 15 is 0 Å². The molecule has 1 aliphatic carbocycles. The lowest BCUT2D eigenvalue weighted by Gasteiger charge is -2.48. The molecule has 3 N–H and O–H groups in total. The number of nitrogens with two attached hydrogens (primary N) is 1. The van der Waals surface area contributed by atoms with Crippen LogP contribution in [0.25, 0.3) is 0 Å². The maximum Gasteiger partial charge on any atom is 0.107 e. The summed E-state index contributed by atoms with van der Waals surface area (Å²) in [6, 6.07) is 5.77. The summed E-state index contributed by atoms with van der Waals surface area (Å²) in [7, 11) is 0. The van der Waals surface area contributed by atoms with Gasteiger partial charge in [-0.25, -0.2) is 0 Å². The van der Waals surface area contributed by atoms with Gasteiger partial charge in [-0.05, 0) is 31.4 Å². The van der Waals surface area contributed by atoms with Crippen LogP contribution in [0.4, 0.5) is 5.69 Å². The van der Waals surface area contributed by atoms with Crippen molar-refractivity contribution in [2.75, 3.05) is 18.0 Å². The Morgan fingerprint density at radius 2 is 2.19 bits per heavy atom. The molecule has 3 nitrogen and oxygen atoms in total. The molecule has 0 aromatic heterocycles. The Labute approximate surface area is 136 Å². The zero-order valence-electron chi connectivity index (χ0n) is 12.0. The molecule has 114 valence electrons. The number of piperidine rings is 1. The van der Waals surface area contributed by atoms with Crippen molar-refractivity contribution in [1.29, 1.82) is 0 Å². The van der Waals surface area contributed by atoms with Crippen molar-refractivity contribution < 1.29 is 5.11 Å². The maximum atomic E-state index is 10.8. The number of rotatable bonds is 2. The highest BCUT2D eigenvalue weighted by molar-refractivity contribution is 7.80. The van der Waals surface area contributed by atoms with Crippen molar-refractivity contribution in [2.24, 2.45) is 11.7 Å². The largest absolute Gasteiger partial charge is 0.389 e. The number of halogens is 1. The fourth-order valence-corrected chi connectivity index (χ4v) is 4.35. The SMILES string of the molecule is NC(=S)c1c(Cl)cccc1N1CCC2(O)CCCCC2C1. The average Bonchev–Trinajstić information content (AvgIpc) is 2.45. The minimum Gasteiger partial charge on any atom is -0.389 e. The van der Waals surface area contributed by atoms with Gasteiger partial charge in [-0.2, -0.15) is 0 Å². The quantitative estimate of drug-likeness (QED) is 0.821. The van der Waals surface area contributed by atoms with Crippen molar-refractivity contribution in [3.63, 3.8) is 0 Å². The first-order chi connectivity index (χ1) is 10.0. The molecule has 2 unspecified atom stereocenters. The normalized spacial score (nSPS) is 29.0. The molecular weight excluding hydrogens is 304 g/mol. The van der Waals surface area contributed by atoms with E-state index in [2.05, 4.69) is 4.90 Å². The second kappa shape index (κ2) is 5.75. The lowest BCUT2D eigenvalue weighted by molar-refractivity contribution is -0.0612. The highest BCUT2D eigenvalue weighted by Gasteiger charge is 2.43. The second-order valence-electron chi connectivity index (χ2n) is 6.24. The minimum absolute atomic E-state index is 0.332. The van der Waals surface area contributed by atoms with Gasteiger partial charge >= 0.3 is 0 Å². The molecule has 0 bridgehead atoms. The summed E-state index contributed by atoms with van der Waals surface area (Å²) in [6.07, 6.45) is 5.18. The first-order valence-corrected chi connectivity index (χ1v) is 8.35. The Morgan fingerprint density at radius 3 is 2.95 bits per heavy atom. The summed E-state index contributed by atoms with van der Waals surface area (Å²) in [6.45, 7) is 1.68. The summed E-state index contributed by atoms with van der Waals surface area (Å²) < 4.78 is 0. The van der Waals surface area contributed by atoms with Gasteiger partial charge in [-0.3, -0.25) is 0 Å². The van der Waals surface area contributed by atoms with Crippen LogP contribution in [0.5, 0.6) is 0 Å². The van der Waals surface area contributed by atoms with E-state index in [-0.39, 0.29) is 0 Å². The van der Waals surface area contributed by atoms with Gasteiger partial charge in [0.1, 0.15) is 4.99 Å². The molecule has 2 atom stereocenters. The van der Waals surface area contributed by atoms with Crippen molar-refractivity contribution in [2.45, 2.75) is 37.7 Å². The Bertz CT molecular complexity index is 565. The predicted octanol–water partition coefficient (Wildman–Crippen LogP) is 3.11. The fourth-order valence-electron chi connectivity index (χ4n) is 3.81. The van der Waals surface area contributed by atoms with Gasteiger partial charge in [0.15, 0.2) is 0 Å². The zero-order valence-corrected chi connectivity index (χ0v) is 13.6. The lowest BCUT2D eigenvalue weighted by Crippen LogP contribution is -2.53. The molecule has 1 aromatic rings. The standard InChI is InChI=1S/C16H21ClN2OS/c17-12-5-3-6-13(14(12)15(18)21)19-9-8-16(20)7-2-1-4-11(16)10-19/h3,5-6,11,20H,1-2,4,7-10H2,(H2,18,21). The Hall–Kier alpha value is -0.840. The van der Waals surface area contributed by atoms with Gasteiger partial charge in [0.25, 0.3) is 0 Å². The molecule has 0 radical (unpaired) electrons. The van der Waals surface area contributed by atoms with Gasteiger partial charge in [0.05, 0.1) is 16.2 Å². The van der Waals surface area contributed by atoms with Crippen LogP contribution >= 0.6 is 23.8 Å². The van der Waals surface area contributed by atoms with Crippen molar-refractivity contribution >= 4 is 34.5 Å². The molecule has 5 heteroatoms. The van der Waals surface area contributed by atoms with Crippen LogP contribution in [0.3, 0.4) is 0 Å². The zero-order chi connectivity index (χ0) is 15.0. The van der Waals surface area contributed by atoms with Gasteiger partial charge in [-0.1, -0.05) is 42.7 Å². The van der Waals surface area contributed by atoms with E-state index in [0.717, 1.165) is 50.0 Å². The number of hydrogen-bond donors (Lipinski definition) is 2. The van der Waals surface area contributed by atoms with Gasteiger partial charge in [0, 0.05) is 24.7 Å². The number of anilines is 1. The molecule has 2 fully saturated rings. The van der Waals surface area contributed by atoms with E-state index < -0.39 is 5.60 Å². The van der Waals surface area contributed by atoms with Crippen LogP contribution in [0.15, 0.2) is 18.2 Å². The molecule has 1 saturated carbocycles. The third-order valence-electron chi connectivity index (χ3n) is 5.01. The van der Waals surface area contributed by atoms with Crippen LogP contribution in [-0.4, -0.2) is 28.8 Å². The second-order valence-corrected chi connectivity index (χ2v) is 7.09. The summed E-state index contributed by atoms with van der Waals surface area (Å²) in [5.41, 5.74) is 7.14. The van der Waals surface area contributed by atoms with Crippen LogP contribution in [0, 0.1) is 5.92 Å². The van der Waals surface area contributed by atoms with Crippen molar-refractivity contribution in [3.8, 4) is 0 Å². The molecule has 1 saturated heterocycles. The summed E-state index contributed by atoms with van der Waals surface area (Å²) >= 11 is 11.4. The Morgan fingerprint density at radius 1 is 1.38 bits per heavy atom. The highest BCUT2D eigenvalue weighted by Crippen LogP contribution is 2.41. The molecule has 0 spiro atoms. The smallest absolute Gasteiger partial charge is 0.107 e. The number of benzene rings is 1. The Balaban J connectivity index is 1.89. The van der Waals surface area contributed by atoms with Crippen LogP contribution < -0.4 is 10.6 Å². The first-order valence-electron chi connectivity index (χ1n) is 7.57. The third-order valence-corrected chi connectivity index (χ3v) is 5.53. The minimum atomic E-state index is -0.475. The van der Waals surface area contributed by atoms with Crippen molar-refractivity contribution in [1.82, 2.24) is 0 Å². The number of fused-ring (bicyclic) bond motifs is 1. The predicted molar refractivity (Wildman–Crippen MR) is 91.1 cm³/mol. The van der Waals surface area contributed by atoms with Crippen LogP contribution in [-0.2, 0) is 0 Å². The van der Waals surface area contributed by atoms with Crippen LogP contribution in [0.1, 0.15) is 37.7 Å². The number of nitrogens with zero attached hydrogens (tertiary/aromatic N) is 1. The molecule has 3 rings (SSSR count). The lowest BCUT2D eigenvalue weighted by atomic mass is 9.71. The van der Waals surface area contributed by atoms with E-state index in [1.165, 1.54) is 6.42 Å². The van der Waals surface area contributed by atoms with E-state index in [1.54, 1.807) is 0 Å². The van der Waals surface area contributed by atoms with E-state index in [0.29, 0.717) is 15.9 Å². The first kappa shape index (κ1) is 15.1. The van der Waals surface area contributed by atoms with E-state index in [4.69, 9.17) is 29.6 Å². The highest BCUT2D eigenvalue weighted by atomic mass is 35.5. The monoisotopic (exact) mass is 324 g/mol. The van der Waals surface area contributed by atoms with Crippen molar-refractivity contribution in [3.05, 3.63) is 28.8 Å². The topological polar surface area (TPSA) is 49.5 Å². The molecular formula is C16H21ClN2OS. The fraction of sp³-hybridized carbons (Fsp3) is 0.562. The summed E-state index contributed by atoms with van der Waals surface area (Å²) in [5, 5.41) is 11.4. The molecule has 2 aliphatic rings. The van der Waals surface area contributed by atoms with Gasteiger partial charge in [0.2, 0.25) is 0 Å². The van der Waals surface area contributed by atoms with Gasteiger partial charge in [-0.15, -0.1) is 0 Å². The molecule has 1 heterocycles. The summed E-state index contributed by atoms with van der Waals surface area (Å²) in [5.74, 6) is 0.332.